The normalized spacial score (nSPS) is 14.8. The lowest BCUT2D eigenvalue weighted by Gasteiger charge is -2.27. The minimum absolute atomic E-state index is 0.0367. The first-order valence-corrected chi connectivity index (χ1v) is 10.5. The molecule has 2 heterocycles. The fourth-order valence-electron chi connectivity index (χ4n) is 4.00. The molecule has 3 aromatic rings. The molecule has 8 nitrogen and oxygen atoms in total. The summed E-state index contributed by atoms with van der Waals surface area (Å²) in [7, 11) is 0. The molecule has 33 heavy (non-hydrogen) atoms. The maximum Gasteiger partial charge on any atom is 0.344 e. The molecule has 4 amide bonds. The number of rotatable bonds is 7. The second-order valence-corrected chi connectivity index (χ2v) is 7.83. The number of carbonyl (C=O) groups excluding carboxylic acids is 4. The molecule has 0 unspecified atom stereocenters. The zero-order valence-corrected chi connectivity index (χ0v) is 18.3. The molecular formula is C25H23N3O5. The lowest BCUT2D eigenvalue weighted by Crippen LogP contribution is -2.49. The van der Waals surface area contributed by atoms with E-state index in [1.165, 1.54) is 6.92 Å². The summed E-state index contributed by atoms with van der Waals surface area (Å²) in [6.45, 7) is 3.12. The smallest absolute Gasteiger partial charge is 0.344 e. The fourth-order valence-corrected chi connectivity index (χ4v) is 4.00. The van der Waals surface area contributed by atoms with Crippen molar-refractivity contribution in [2.24, 2.45) is 0 Å². The van der Waals surface area contributed by atoms with E-state index in [0.717, 1.165) is 5.01 Å². The van der Waals surface area contributed by atoms with Crippen LogP contribution in [-0.2, 0) is 21.5 Å². The molecule has 0 radical (unpaired) electrons. The lowest BCUT2D eigenvalue weighted by molar-refractivity contribution is -0.138. The molecule has 2 N–H and O–H groups in total. The van der Waals surface area contributed by atoms with E-state index in [-0.39, 0.29) is 18.6 Å². The molecule has 0 saturated carbocycles. The quantitative estimate of drug-likeness (QED) is 0.429. The predicted octanol–water partition coefficient (Wildman–Crippen LogP) is 3.25. The van der Waals surface area contributed by atoms with Gasteiger partial charge >= 0.3 is 6.03 Å². The van der Waals surface area contributed by atoms with Gasteiger partial charge in [0, 0.05) is 12.8 Å². The number of Topliss-reactive ketones (excluding diaryl/α,β-unsaturated/α-hetero) is 1. The summed E-state index contributed by atoms with van der Waals surface area (Å²) in [4.78, 5) is 50.5. The van der Waals surface area contributed by atoms with Gasteiger partial charge in [0.05, 0.1) is 5.56 Å². The molecule has 1 aromatic heterocycles. The number of nitrogens with zero attached hydrogens (tertiary/aromatic N) is 1. The number of nitrogens with one attached hydrogen (secondary N) is 2. The number of hydrazine groups is 1. The van der Waals surface area contributed by atoms with E-state index in [1.54, 1.807) is 61.5 Å². The molecule has 0 bridgehead atoms. The van der Waals surface area contributed by atoms with Gasteiger partial charge in [-0.3, -0.25) is 19.8 Å². The van der Waals surface area contributed by atoms with Crippen molar-refractivity contribution in [2.75, 3.05) is 0 Å². The Labute approximate surface area is 190 Å². The van der Waals surface area contributed by atoms with Gasteiger partial charge in [0.1, 0.15) is 11.5 Å². The van der Waals surface area contributed by atoms with Crippen LogP contribution in [0, 0.1) is 6.92 Å². The summed E-state index contributed by atoms with van der Waals surface area (Å²) in [5, 5.41) is 3.49. The van der Waals surface area contributed by atoms with Crippen molar-refractivity contribution in [1.29, 1.82) is 0 Å². The van der Waals surface area contributed by atoms with Crippen molar-refractivity contribution >= 4 is 23.6 Å². The van der Waals surface area contributed by atoms with E-state index in [4.69, 9.17) is 4.42 Å². The third-order valence-corrected chi connectivity index (χ3v) is 5.62. The number of hydrogen-bond acceptors (Lipinski definition) is 5. The average molecular weight is 445 g/mol. The van der Waals surface area contributed by atoms with E-state index in [2.05, 4.69) is 10.7 Å². The number of furan rings is 1. The molecule has 0 atom stereocenters. The summed E-state index contributed by atoms with van der Waals surface area (Å²) >= 11 is 0. The first-order chi connectivity index (χ1) is 15.8. The maximum atomic E-state index is 13.5. The Hall–Kier alpha value is -4.20. The second kappa shape index (κ2) is 8.74. The number of ketones is 1. The van der Waals surface area contributed by atoms with Gasteiger partial charge in [-0.1, -0.05) is 60.7 Å². The van der Waals surface area contributed by atoms with E-state index < -0.39 is 23.4 Å². The van der Waals surface area contributed by atoms with Crippen LogP contribution in [0.4, 0.5) is 4.79 Å². The van der Waals surface area contributed by atoms with Crippen molar-refractivity contribution in [3.05, 3.63) is 94.9 Å². The minimum atomic E-state index is -1.46. The Morgan fingerprint density at radius 3 is 2.09 bits per heavy atom. The van der Waals surface area contributed by atoms with Gasteiger partial charge in [-0.05, 0) is 31.0 Å². The SMILES string of the molecule is CC(=O)c1cc(CCC(=O)NN2C(=O)NC(c3ccccc3)(c3ccccc3)C2=O)oc1C. The van der Waals surface area contributed by atoms with Crippen LogP contribution >= 0.6 is 0 Å². The molecule has 1 aliphatic rings. The van der Waals surface area contributed by atoms with Gasteiger partial charge in [0.2, 0.25) is 5.91 Å². The molecular weight excluding hydrogens is 422 g/mol. The number of imide groups is 1. The van der Waals surface area contributed by atoms with E-state index in [1.807, 2.05) is 12.1 Å². The largest absolute Gasteiger partial charge is 0.466 e. The van der Waals surface area contributed by atoms with Crippen LogP contribution in [0.3, 0.4) is 0 Å². The van der Waals surface area contributed by atoms with Crippen LogP contribution < -0.4 is 10.7 Å². The Morgan fingerprint density at radius 2 is 1.58 bits per heavy atom. The van der Waals surface area contributed by atoms with Crippen molar-refractivity contribution in [1.82, 2.24) is 15.8 Å². The summed E-state index contributed by atoms with van der Waals surface area (Å²) in [5.41, 5.74) is 2.58. The molecule has 0 aliphatic carbocycles. The molecule has 168 valence electrons. The summed E-state index contributed by atoms with van der Waals surface area (Å²) < 4.78 is 5.53. The van der Waals surface area contributed by atoms with Crippen molar-refractivity contribution in [3.8, 4) is 0 Å². The van der Waals surface area contributed by atoms with Crippen LogP contribution in [0.5, 0.6) is 0 Å². The molecule has 1 fully saturated rings. The van der Waals surface area contributed by atoms with Crippen LogP contribution in [0.1, 0.15) is 46.3 Å². The van der Waals surface area contributed by atoms with Crippen LogP contribution in [0.15, 0.2) is 71.1 Å². The van der Waals surface area contributed by atoms with Gasteiger partial charge in [-0.25, -0.2) is 4.79 Å². The Balaban J connectivity index is 1.54. The monoisotopic (exact) mass is 445 g/mol. The highest BCUT2D eigenvalue weighted by Crippen LogP contribution is 2.35. The summed E-state index contributed by atoms with van der Waals surface area (Å²) in [6, 6.07) is 18.6. The van der Waals surface area contributed by atoms with E-state index in [9.17, 15) is 19.2 Å². The van der Waals surface area contributed by atoms with Gasteiger partial charge in [0.15, 0.2) is 11.3 Å². The summed E-state index contributed by atoms with van der Waals surface area (Å²) in [6.07, 6.45) is 0.178. The number of hydrogen-bond donors (Lipinski definition) is 2. The molecule has 1 aliphatic heterocycles. The highest BCUT2D eigenvalue weighted by Gasteiger charge is 2.54. The zero-order chi connectivity index (χ0) is 23.6. The first-order valence-electron chi connectivity index (χ1n) is 10.5. The lowest BCUT2D eigenvalue weighted by atomic mass is 9.83. The number of carbonyl (C=O) groups is 4. The fraction of sp³-hybridized carbons (Fsp3) is 0.200. The zero-order valence-electron chi connectivity index (χ0n) is 18.3. The highest BCUT2D eigenvalue weighted by molar-refractivity contribution is 6.10. The number of urea groups is 1. The number of benzene rings is 2. The Bertz CT molecular complexity index is 1180. The number of aryl methyl sites for hydroxylation is 2. The van der Waals surface area contributed by atoms with Crippen LogP contribution in [-0.4, -0.2) is 28.6 Å². The van der Waals surface area contributed by atoms with Gasteiger partial charge in [0.25, 0.3) is 5.91 Å². The highest BCUT2D eigenvalue weighted by atomic mass is 16.3. The van der Waals surface area contributed by atoms with Crippen LogP contribution in [0.25, 0.3) is 0 Å². The van der Waals surface area contributed by atoms with Crippen molar-refractivity contribution in [3.63, 3.8) is 0 Å². The third-order valence-electron chi connectivity index (χ3n) is 5.62. The first kappa shape index (κ1) is 22.0. The summed E-state index contributed by atoms with van der Waals surface area (Å²) in [5.74, 6) is -0.292. The van der Waals surface area contributed by atoms with Crippen molar-refractivity contribution < 1.29 is 23.6 Å². The van der Waals surface area contributed by atoms with E-state index in [0.29, 0.717) is 28.2 Å². The van der Waals surface area contributed by atoms with Gasteiger partial charge in [-0.2, -0.15) is 5.01 Å². The molecule has 8 heteroatoms. The predicted molar refractivity (Wildman–Crippen MR) is 119 cm³/mol. The second-order valence-electron chi connectivity index (χ2n) is 7.83. The Morgan fingerprint density at radius 1 is 1.00 bits per heavy atom. The standard InChI is InChI=1S/C25H23N3O5/c1-16(29)21-15-20(33-17(21)2)13-14-22(30)27-28-23(31)25(26-24(28)32,18-9-5-3-6-10-18)19-11-7-4-8-12-19/h3-12,15H,13-14H2,1-2H3,(H,26,32)(H,27,30). The Kier molecular flexibility index (Phi) is 5.83. The van der Waals surface area contributed by atoms with E-state index >= 15 is 0 Å². The molecule has 1 saturated heterocycles. The molecule has 2 aromatic carbocycles. The van der Waals surface area contributed by atoms with Gasteiger partial charge < -0.3 is 9.73 Å². The number of amides is 4. The maximum absolute atomic E-state index is 13.5. The third kappa shape index (κ3) is 4.03. The topological polar surface area (TPSA) is 109 Å². The average Bonchev–Trinajstić information content (AvgIpc) is 3.32. The molecule has 4 rings (SSSR count). The van der Waals surface area contributed by atoms with Crippen LogP contribution in [0.2, 0.25) is 0 Å². The minimum Gasteiger partial charge on any atom is -0.466 e. The molecule has 0 spiro atoms. The van der Waals surface area contributed by atoms with Gasteiger partial charge in [-0.15, -0.1) is 0 Å². The van der Waals surface area contributed by atoms with Crippen molar-refractivity contribution in [2.45, 2.75) is 32.2 Å².